The average Bonchev–Trinajstić information content (AvgIpc) is 3.12. The Morgan fingerprint density at radius 1 is 1.50 bits per heavy atom. The first kappa shape index (κ1) is 15.1. The van der Waals surface area contributed by atoms with Gasteiger partial charge in [-0.1, -0.05) is 18.2 Å². The molecule has 116 valence electrons. The molecule has 0 saturated heterocycles. The maximum atomic E-state index is 11.2. The Hall–Kier alpha value is -1.85. The van der Waals surface area contributed by atoms with E-state index in [2.05, 4.69) is 31.0 Å². The standard InChI is InChI=1S/C17H20N2O2S/c1-11(16-8-12-5-3-4-6-15(12)21-16)19(2)9-14-7-13(10-22-14)17(18)20/h3-7,10-11,16H,8-9H2,1-2H3,(H2,18,20)/t11-,16-/m1/s1. The number of carbonyl (C=O) groups excluding carboxylic acids is 1. The number of thiophene rings is 1. The van der Waals surface area contributed by atoms with Gasteiger partial charge < -0.3 is 10.5 Å². The molecule has 22 heavy (non-hydrogen) atoms. The van der Waals surface area contributed by atoms with E-state index in [0.29, 0.717) is 5.56 Å². The summed E-state index contributed by atoms with van der Waals surface area (Å²) in [4.78, 5) is 14.6. The van der Waals surface area contributed by atoms with Crippen LogP contribution < -0.4 is 10.5 Å². The molecule has 2 atom stereocenters. The predicted molar refractivity (Wildman–Crippen MR) is 88.3 cm³/mol. The molecular formula is C17H20N2O2S. The van der Waals surface area contributed by atoms with Gasteiger partial charge in [0.1, 0.15) is 11.9 Å². The van der Waals surface area contributed by atoms with Crippen LogP contribution >= 0.6 is 11.3 Å². The molecule has 1 aromatic carbocycles. The number of amides is 1. The zero-order valence-electron chi connectivity index (χ0n) is 12.8. The molecule has 4 nitrogen and oxygen atoms in total. The number of rotatable bonds is 5. The van der Waals surface area contributed by atoms with Crippen LogP contribution in [0.2, 0.25) is 0 Å². The third kappa shape index (κ3) is 3.00. The molecular weight excluding hydrogens is 296 g/mol. The van der Waals surface area contributed by atoms with Gasteiger partial charge in [0.15, 0.2) is 0 Å². The molecule has 0 fully saturated rings. The van der Waals surface area contributed by atoms with Gasteiger partial charge in [0.05, 0.1) is 5.56 Å². The van der Waals surface area contributed by atoms with Crippen LogP contribution in [0.4, 0.5) is 0 Å². The van der Waals surface area contributed by atoms with Crippen LogP contribution in [0.5, 0.6) is 5.75 Å². The van der Waals surface area contributed by atoms with Crippen molar-refractivity contribution in [1.82, 2.24) is 4.90 Å². The van der Waals surface area contributed by atoms with E-state index in [0.717, 1.165) is 23.6 Å². The monoisotopic (exact) mass is 316 g/mol. The average molecular weight is 316 g/mol. The normalized spacial score (nSPS) is 18.0. The van der Waals surface area contributed by atoms with Crippen molar-refractivity contribution in [2.24, 2.45) is 5.73 Å². The quantitative estimate of drug-likeness (QED) is 0.922. The lowest BCUT2D eigenvalue weighted by atomic mass is 10.0. The van der Waals surface area contributed by atoms with Crippen molar-refractivity contribution >= 4 is 17.2 Å². The van der Waals surface area contributed by atoms with E-state index in [1.165, 1.54) is 5.56 Å². The molecule has 0 aliphatic carbocycles. The number of fused-ring (bicyclic) bond motifs is 1. The lowest BCUT2D eigenvalue weighted by Gasteiger charge is -2.28. The Morgan fingerprint density at radius 3 is 2.95 bits per heavy atom. The first-order valence-electron chi connectivity index (χ1n) is 7.36. The van der Waals surface area contributed by atoms with Crippen LogP contribution in [-0.4, -0.2) is 30.0 Å². The zero-order valence-corrected chi connectivity index (χ0v) is 13.6. The minimum Gasteiger partial charge on any atom is -0.488 e. The van der Waals surface area contributed by atoms with E-state index >= 15 is 0 Å². The van der Waals surface area contributed by atoms with Gasteiger partial charge in [-0.3, -0.25) is 9.69 Å². The number of carbonyl (C=O) groups is 1. The predicted octanol–water partition coefficient (Wildman–Crippen LogP) is 2.67. The van der Waals surface area contributed by atoms with Crippen LogP contribution in [0.1, 0.15) is 27.7 Å². The molecule has 0 bridgehead atoms. The van der Waals surface area contributed by atoms with Crippen molar-refractivity contribution in [2.45, 2.75) is 32.0 Å². The first-order chi connectivity index (χ1) is 10.5. The summed E-state index contributed by atoms with van der Waals surface area (Å²) in [6, 6.07) is 10.4. The molecule has 1 aromatic heterocycles. The lowest BCUT2D eigenvalue weighted by molar-refractivity contribution is 0.0999. The fraction of sp³-hybridized carbons (Fsp3) is 0.353. The van der Waals surface area contributed by atoms with E-state index in [9.17, 15) is 4.79 Å². The maximum absolute atomic E-state index is 11.2. The molecule has 0 unspecified atom stereocenters. The molecule has 1 aliphatic rings. The number of nitrogens with zero attached hydrogens (tertiary/aromatic N) is 1. The van der Waals surface area contributed by atoms with Crippen LogP contribution in [0.25, 0.3) is 0 Å². The van der Waals surface area contributed by atoms with Gasteiger partial charge in [0.2, 0.25) is 5.91 Å². The number of likely N-dealkylation sites (N-methyl/N-ethyl adjacent to an activating group) is 1. The molecule has 0 saturated carbocycles. The highest BCUT2D eigenvalue weighted by molar-refractivity contribution is 7.10. The SMILES string of the molecule is C[C@H]([C@H]1Cc2ccccc2O1)N(C)Cc1cc(C(N)=O)cs1. The first-order valence-corrected chi connectivity index (χ1v) is 8.24. The van der Waals surface area contributed by atoms with Crippen molar-refractivity contribution in [3.63, 3.8) is 0 Å². The molecule has 2 N–H and O–H groups in total. The summed E-state index contributed by atoms with van der Waals surface area (Å²) < 4.78 is 6.06. The van der Waals surface area contributed by atoms with Gasteiger partial charge in [-0.25, -0.2) is 0 Å². The molecule has 5 heteroatoms. The number of benzene rings is 1. The van der Waals surface area contributed by atoms with Gasteiger partial charge in [-0.05, 0) is 31.7 Å². The van der Waals surface area contributed by atoms with Crippen molar-refractivity contribution in [2.75, 3.05) is 7.05 Å². The summed E-state index contributed by atoms with van der Waals surface area (Å²) >= 11 is 1.57. The second-order valence-electron chi connectivity index (χ2n) is 5.79. The Kier molecular flexibility index (Phi) is 4.18. The molecule has 1 amide bonds. The number of hydrogen-bond acceptors (Lipinski definition) is 4. The van der Waals surface area contributed by atoms with Crippen molar-refractivity contribution in [3.8, 4) is 5.75 Å². The topological polar surface area (TPSA) is 55.6 Å². The lowest BCUT2D eigenvalue weighted by Crippen LogP contribution is -2.40. The van der Waals surface area contributed by atoms with Gasteiger partial charge in [0, 0.05) is 29.3 Å². The molecule has 1 aliphatic heterocycles. The summed E-state index contributed by atoms with van der Waals surface area (Å²) in [5.41, 5.74) is 7.17. The van der Waals surface area contributed by atoms with Gasteiger partial charge in [0.25, 0.3) is 0 Å². The van der Waals surface area contributed by atoms with E-state index in [-0.39, 0.29) is 18.1 Å². The third-order valence-corrected chi connectivity index (χ3v) is 5.17. The van der Waals surface area contributed by atoms with Crippen LogP contribution in [0.3, 0.4) is 0 Å². The van der Waals surface area contributed by atoms with Crippen molar-refractivity contribution in [1.29, 1.82) is 0 Å². The van der Waals surface area contributed by atoms with Crippen LogP contribution in [-0.2, 0) is 13.0 Å². The van der Waals surface area contributed by atoms with Gasteiger partial charge >= 0.3 is 0 Å². The smallest absolute Gasteiger partial charge is 0.249 e. The highest BCUT2D eigenvalue weighted by Crippen LogP contribution is 2.31. The fourth-order valence-electron chi connectivity index (χ4n) is 2.74. The summed E-state index contributed by atoms with van der Waals surface area (Å²) in [5.74, 6) is 0.632. The number of para-hydroxylation sites is 1. The van der Waals surface area contributed by atoms with Crippen molar-refractivity contribution in [3.05, 3.63) is 51.7 Å². The van der Waals surface area contributed by atoms with Crippen LogP contribution in [0.15, 0.2) is 35.7 Å². The summed E-state index contributed by atoms with van der Waals surface area (Å²) in [7, 11) is 2.08. The highest BCUT2D eigenvalue weighted by Gasteiger charge is 2.29. The van der Waals surface area contributed by atoms with E-state index in [1.54, 1.807) is 11.3 Å². The Bertz CT molecular complexity index is 658. The molecule has 2 aromatic rings. The molecule has 0 radical (unpaired) electrons. The zero-order chi connectivity index (χ0) is 15.7. The Balaban J connectivity index is 1.63. The second-order valence-corrected chi connectivity index (χ2v) is 6.79. The maximum Gasteiger partial charge on any atom is 0.249 e. The molecule has 3 rings (SSSR count). The highest BCUT2D eigenvalue weighted by atomic mass is 32.1. The Morgan fingerprint density at radius 2 is 2.27 bits per heavy atom. The fourth-order valence-corrected chi connectivity index (χ4v) is 3.68. The molecule has 0 spiro atoms. The summed E-state index contributed by atoms with van der Waals surface area (Å²) in [5, 5.41) is 1.82. The van der Waals surface area contributed by atoms with E-state index < -0.39 is 0 Å². The largest absolute Gasteiger partial charge is 0.488 e. The van der Waals surface area contributed by atoms with E-state index in [1.807, 2.05) is 23.6 Å². The number of hydrogen-bond donors (Lipinski definition) is 1. The van der Waals surface area contributed by atoms with Gasteiger partial charge in [-0.2, -0.15) is 0 Å². The number of primary amides is 1. The minimum absolute atomic E-state index is 0.165. The van der Waals surface area contributed by atoms with Crippen LogP contribution in [0, 0.1) is 0 Å². The van der Waals surface area contributed by atoms with E-state index in [4.69, 9.17) is 10.5 Å². The Labute approximate surface area is 134 Å². The number of ether oxygens (including phenoxy) is 1. The summed E-state index contributed by atoms with van der Waals surface area (Å²) in [6.07, 6.45) is 1.11. The van der Waals surface area contributed by atoms with Crippen molar-refractivity contribution < 1.29 is 9.53 Å². The third-order valence-electron chi connectivity index (χ3n) is 4.25. The van der Waals surface area contributed by atoms with Gasteiger partial charge in [-0.15, -0.1) is 11.3 Å². The minimum atomic E-state index is -0.368. The second kappa shape index (κ2) is 6.10. The number of nitrogens with two attached hydrogens (primary N) is 1. The summed E-state index contributed by atoms with van der Waals surface area (Å²) in [6.45, 7) is 2.97. The molecule has 2 heterocycles.